The van der Waals surface area contributed by atoms with Crippen molar-refractivity contribution in [3.05, 3.63) is 94.0 Å². The van der Waals surface area contributed by atoms with E-state index in [2.05, 4.69) is 5.32 Å². The minimum Gasteiger partial charge on any atom is -0.497 e. The van der Waals surface area contributed by atoms with Gasteiger partial charge in [-0.25, -0.2) is 8.42 Å². The molecule has 1 N–H and O–H groups in total. The molecule has 2 amide bonds. The van der Waals surface area contributed by atoms with Crippen LogP contribution in [0.25, 0.3) is 0 Å². The number of anilines is 1. The standard InChI is InChI=1S/C32H38N4O7S/c1-23-14-19-29(20-30(23)36(39)40)44(41,42)35(27-15-17-28(43-3)18-16-27)22-31(37)34(21-25-10-6-4-7-11-25)24(2)32(38)33-26-12-8-5-9-13-26/h4,6-7,10-11,14-20,24,26H,5,8-9,12-13,21-22H2,1-3H3,(H,33,38). The van der Waals surface area contributed by atoms with Gasteiger partial charge in [0.1, 0.15) is 18.3 Å². The van der Waals surface area contributed by atoms with E-state index in [4.69, 9.17) is 4.74 Å². The first-order chi connectivity index (χ1) is 21.0. The van der Waals surface area contributed by atoms with Crippen LogP contribution < -0.4 is 14.4 Å². The molecule has 0 spiro atoms. The SMILES string of the molecule is COc1ccc(N(CC(=O)N(Cc2ccccc2)C(C)C(=O)NC2CCCCC2)S(=O)(=O)c2ccc(C)c([N+](=O)[O-])c2)cc1. The van der Waals surface area contributed by atoms with E-state index in [1.807, 2.05) is 30.3 Å². The van der Waals surface area contributed by atoms with Crippen LogP contribution in [0.1, 0.15) is 50.2 Å². The number of nitrogens with one attached hydrogen (secondary N) is 1. The van der Waals surface area contributed by atoms with Crippen molar-refractivity contribution in [3.63, 3.8) is 0 Å². The number of aryl methyl sites for hydroxylation is 1. The number of benzene rings is 3. The number of nitro groups is 1. The number of sulfonamides is 1. The Morgan fingerprint density at radius 1 is 1.02 bits per heavy atom. The second-order valence-corrected chi connectivity index (χ2v) is 12.8. The van der Waals surface area contributed by atoms with Gasteiger partial charge in [0.25, 0.3) is 15.7 Å². The smallest absolute Gasteiger partial charge is 0.273 e. The van der Waals surface area contributed by atoms with Crippen molar-refractivity contribution in [1.29, 1.82) is 0 Å². The minimum atomic E-state index is -4.48. The molecule has 1 aliphatic rings. The maximum Gasteiger partial charge on any atom is 0.273 e. The normalized spacial score (nSPS) is 14.3. The highest BCUT2D eigenvalue weighted by atomic mass is 32.2. The maximum absolute atomic E-state index is 14.1. The molecule has 1 saturated carbocycles. The monoisotopic (exact) mass is 622 g/mol. The summed E-state index contributed by atoms with van der Waals surface area (Å²) in [5.74, 6) is -0.447. The molecule has 0 radical (unpaired) electrons. The first-order valence-electron chi connectivity index (χ1n) is 14.6. The molecule has 0 bridgehead atoms. The van der Waals surface area contributed by atoms with Gasteiger partial charge >= 0.3 is 0 Å². The van der Waals surface area contributed by atoms with Gasteiger partial charge in [-0.3, -0.25) is 24.0 Å². The van der Waals surface area contributed by atoms with E-state index in [0.29, 0.717) is 11.3 Å². The van der Waals surface area contributed by atoms with Gasteiger partial charge < -0.3 is 15.0 Å². The van der Waals surface area contributed by atoms with Crippen molar-refractivity contribution in [1.82, 2.24) is 10.2 Å². The number of carbonyl (C=O) groups is 2. The highest BCUT2D eigenvalue weighted by molar-refractivity contribution is 7.92. The second-order valence-electron chi connectivity index (χ2n) is 10.9. The Bertz CT molecular complexity index is 1570. The molecule has 0 aliphatic heterocycles. The highest BCUT2D eigenvalue weighted by Gasteiger charge is 2.34. The third kappa shape index (κ3) is 7.73. The Morgan fingerprint density at radius 3 is 2.30 bits per heavy atom. The Balaban J connectivity index is 1.71. The van der Waals surface area contributed by atoms with Crippen LogP contribution in [0.3, 0.4) is 0 Å². The first kappa shape index (κ1) is 32.5. The third-order valence-corrected chi connectivity index (χ3v) is 9.69. The molecule has 44 heavy (non-hydrogen) atoms. The maximum atomic E-state index is 14.1. The molecular formula is C32H38N4O7S. The van der Waals surface area contributed by atoms with Crippen LogP contribution in [0.2, 0.25) is 0 Å². The molecule has 3 aromatic carbocycles. The number of carbonyl (C=O) groups excluding carboxylic acids is 2. The van der Waals surface area contributed by atoms with Gasteiger partial charge in [-0.1, -0.05) is 55.7 Å². The summed E-state index contributed by atoms with van der Waals surface area (Å²) in [5.41, 5.74) is 0.867. The molecule has 1 aliphatic carbocycles. The van der Waals surface area contributed by atoms with Crippen molar-refractivity contribution in [2.24, 2.45) is 0 Å². The third-order valence-electron chi connectivity index (χ3n) is 7.92. The van der Waals surface area contributed by atoms with E-state index in [1.54, 1.807) is 19.1 Å². The molecule has 11 nitrogen and oxygen atoms in total. The van der Waals surface area contributed by atoms with Crippen LogP contribution in [0.5, 0.6) is 5.75 Å². The van der Waals surface area contributed by atoms with E-state index in [-0.39, 0.29) is 34.8 Å². The molecule has 12 heteroatoms. The van der Waals surface area contributed by atoms with Crippen LogP contribution >= 0.6 is 0 Å². The topological polar surface area (TPSA) is 139 Å². The lowest BCUT2D eigenvalue weighted by molar-refractivity contribution is -0.385. The summed E-state index contributed by atoms with van der Waals surface area (Å²) in [4.78, 5) is 39.5. The predicted octanol–water partition coefficient (Wildman–Crippen LogP) is 4.97. The largest absolute Gasteiger partial charge is 0.497 e. The van der Waals surface area contributed by atoms with Crippen LogP contribution in [0, 0.1) is 17.0 Å². The molecule has 1 fully saturated rings. The van der Waals surface area contributed by atoms with Crippen LogP contribution in [-0.4, -0.2) is 55.8 Å². The number of methoxy groups -OCH3 is 1. The molecule has 0 heterocycles. The van der Waals surface area contributed by atoms with Gasteiger partial charge in [-0.2, -0.15) is 0 Å². The van der Waals surface area contributed by atoms with E-state index in [9.17, 15) is 28.1 Å². The average Bonchev–Trinajstić information content (AvgIpc) is 3.03. The molecular weight excluding hydrogens is 584 g/mol. The van der Waals surface area contributed by atoms with Gasteiger partial charge in [-0.15, -0.1) is 0 Å². The van der Waals surface area contributed by atoms with Gasteiger partial charge in [0.15, 0.2) is 0 Å². The number of ether oxygens (including phenoxy) is 1. The van der Waals surface area contributed by atoms with Crippen molar-refractivity contribution >= 4 is 33.2 Å². The van der Waals surface area contributed by atoms with Gasteiger partial charge in [-0.05, 0) is 62.6 Å². The average molecular weight is 623 g/mol. The Kier molecular flexibility index (Phi) is 10.6. The second kappa shape index (κ2) is 14.3. The molecule has 3 aromatic rings. The van der Waals surface area contributed by atoms with E-state index in [1.165, 1.54) is 43.2 Å². The van der Waals surface area contributed by atoms with Gasteiger partial charge in [0.2, 0.25) is 11.8 Å². The number of nitrogens with zero attached hydrogens (tertiary/aromatic N) is 3. The Hall–Kier alpha value is -4.45. The van der Waals surface area contributed by atoms with Crippen molar-refractivity contribution in [2.45, 2.75) is 69.5 Å². The van der Waals surface area contributed by atoms with Crippen molar-refractivity contribution in [3.8, 4) is 5.75 Å². The highest BCUT2D eigenvalue weighted by Crippen LogP contribution is 2.29. The summed E-state index contributed by atoms with van der Waals surface area (Å²) in [6.45, 7) is 2.57. The number of rotatable bonds is 12. The van der Waals surface area contributed by atoms with E-state index >= 15 is 0 Å². The predicted molar refractivity (Wildman–Crippen MR) is 167 cm³/mol. The quantitative estimate of drug-likeness (QED) is 0.222. The minimum absolute atomic E-state index is 0.0286. The number of hydrogen-bond acceptors (Lipinski definition) is 7. The van der Waals surface area contributed by atoms with Gasteiger partial charge in [0.05, 0.1) is 22.6 Å². The summed E-state index contributed by atoms with van der Waals surface area (Å²) < 4.78 is 34.3. The zero-order chi connectivity index (χ0) is 31.9. The number of amides is 2. The van der Waals surface area contributed by atoms with Crippen LogP contribution in [-0.2, 0) is 26.2 Å². The summed E-state index contributed by atoms with van der Waals surface area (Å²) in [5, 5.41) is 14.7. The zero-order valence-electron chi connectivity index (χ0n) is 25.1. The fourth-order valence-corrected chi connectivity index (χ4v) is 6.72. The summed E-state index contributed by atoms with van der Waals surface area (Å²) in [7, 11) is -3.00. The van der Waals surface area contributed by atoms with Gasteiger partial charge in [0, 0.05) is 24.2 Å². The molecule has 4 rings (SSSR count). The lowest BCUT2D eigenvalue weighted by atomic mass is 9.95. The number of hydrogen-bond donors (Lipinski definition) is 1. The van der Waals surface area contributed by atoms with E-state index < -0.39 is 33.4 Å². The van der Waals surface area contributed by atoms with Crippen molar-refractivity contribution in [2.75, 3.05) is 18.0 Å². The summed E-state index contributed by atoms with van der Waals surface area (Å²) >= 11 is 0. The number of nitro benzene ring substituents is 1. The fourth-order valence-electron chi connectivity index (χ4n) is 5.28. The molecule has 0 saturated heterocycles. The lowest BCUT2D eigenvalue weighted by Crippen LogP contribution is -2.53. The van der Waals surface area contributed by atoms with Crippen molar-refractivity contribution < 1.29 is 27.7 Å². The molecule has 234 valence electrons. The molecule has 1 atom stereocenters. The summed E-state index contributed by atoms with van der Waals surface area (Å²) in [6.07, 6.45) is 4.92. The van der Waals surface area contributed by atoms with Crippen LogP contribution in [0.15, 0.2) is 77.7 Å². The van der Waals surface area contributed by atoms with E-state index in [0.717, 1.165) is 48.0 Å². The zero-order valence-corrected chi connectivity index (χ0v) is 26.0. The molecule has 0 aromatic heterocycles. The van der Waals surface area contributed by atoms with Crippen LogP contribution in [0.4, 0.5) is 11.4 Å². The fraction of sp³-hybridized carbons (Fsp3) is 0.375. The Morgan fingerprint density at radius 2 is 1.68 bits per heavy atom. The molecule has 1 unspecified atom stereocenters. The Labute approximate surface area is 258 Å². The lowest BCUT2D eigenvalue weighted by Gasteiger charge is -2.33. The first-order valence-corrected chi connectivity index (χ1v) is 16.0. The summed E-state index contributed by atoms with van der Waals surface area (Å²) in [6, 6.07) is 18.0.